The maximum Gasteiger partial charge on any atom is 0.273 e. The van der Waals surface area contributed by atoms with Crippen LogP contribution in [-0.4, -0.2) is 34.0 Å². The smallest absolute Gasteiger partial charge is 0.273 e. The molecular weight excluding hydrogens is 374 g/mol. The second-order valence-corrected chi connectivity index (χ2v) is 6.24. The average Bonchev–Trinajstić information content (AvgIpc) is 3.25. The van der Waals surface area contributed by atoms with Crippen molar-refractivity contribution in [3.05, 3.63) is 51.0 Å². The van der Waals surface area contributed by atoms with Gasteiger partial charge in [0.1, 0.15) is 5.75 Å². The van der Waals surface area contributed by atoms with E-state index in [9.17, 15) is 19.7 Å². The van der Waals surface area contributed by atoms with E-state index < -0.39 is 16.7 Å². The Labute approximate surface area is 156 Å². The van der Waals surface area contributed by atoms with E-state index in [1.54, 1.807) is 18.5 Å². The molecule has 0 bridgehead atoms. The van der Waals surface area contributed by atoms with Gasteiger partial charge in [0.15, 0.2) is 11.7 Å². The lowest BCUT2D eigenvalue weighted by atomic mass is 10.1. The van der Waals surface area contributed by atoms with Crippen LogP contribution in [0.25, 0.3) is 6.08 Å². The highest BCUT2D eigenvalue weighted by Crippen LogP contribution is 2.27. The highest BCUT2D eigenvalue weighted by molar-refractivity contribution is 7.13. The molecule has 2 amide bonds. The predicted octanol–water partition coefficient (Wildman–Crippen LogP) is 1.96. The Balaban J connectivity index is 1.82. The highest BCUT2D eigenvalue weighted by atomic mass is 32.1. The van der Waals surface area contributed by atoms with Crippen LogP contribution in [0.1, 0.15) is 12.5 Å². The lowest BCUT2D eigenvalue weighted by Gasteiger charge is -2.09. The number of hydrogen-bond donors (Lipinski definition) is 2. The number of anilines is 1. The molecule has 1 aliphatic heterocycles. The molecule has 0 saturated heterocycles. The van der Waals surface area contributed by atoms with Gasteiger partial charge in [-0.15, -0.1) is 11.3 Å². The van der Waals surface area contributed by atoms with Gasteiger partial charge in [-0.3, -0.25) is 25.0 Å². The van der Waals surface area contributed by atoms with Crippen molar-refractivity contribution in [1.82, 2.24) is 10.4 Å². The van der Waals surface area contributed by atoms with Gasteiger partial charge in [-0.25, -0.2) is 10.4 Å². The van der Waals surface area contributed by atoms with E-state index in [4.69, 9.17) is 4.74 Å². The lowest BCUT2D eigenvalue weighted by molar-refractivity contribution is -0.384. The summed E-state index contributed by atoms with van der Waals surface area (Å²) >= 11 is 1.26. The van der Waals surface area contributed by atoms with Crippen molar-refractivity contribution in [2.75, 3.05) is 11.9 Å². The van der Waals surface area contributed by atoms with Gasteiger partial charge >= 0.3 is 0 Å². The standard InChI is InChI=1S/C16H13N5O5S/c1-9-12(15(23)20-19-9)7-10-6-11(21(24)25)2-3-13(10)26-8-14(22)18-16-17-4-5-27-16/h2-7H,8H2,1H3,(H,20,23)(H,17,18,22). The Kier molecular flexibility index (Phi) is 5.22. The normalized spacial score (nSPS) is 14.6. The first-order chi connectivity index (χ1) is 12.9. The zero-order valence-corrected chi connectivity index (χ0v) is 14.8. The van der Waals surface area contributed by atoms with Gasteiger partial charge in [0.2, 0.25) is 0 Å². The monoisotopic (exact) mass is 387 g/mol. The van der Waals surface area contributed by atoms with Crippen molar-refractivity contribution in [3.63, 3.8) is 0 Å². The molecule has 0 radical (unpaired) electrons. The second kappa shape index (κ2) is 7.74. The minimum absolute atomic E-state index is 0.172. The average molecular weight is 387 g/mol. The van der Waals surface area contributed by atoms with Gasteiger partial charge in [-0.1, -0.05) is 0 Å². The molecule has 0 spiro atoms. The molecule has 27 heavy (non-hydrogen) atoms. The van der Waals surface area contributed by atoms with Crippen LogP contribution >= 0.6 is 11.3 Å². The summed E-state index contributed by atoms with van der Waals surface area (Å²) in [5, 5.41) is 19.6. The molecule has 0 aliphatic carbocycles. The summed E-state index contributed by atoms with van der Waals surface area (Å²) in [6, 6.07) is 3.90. The van der Waals surface area contributed by atoms with Crippen LogP contribution < -0.4 is 15.5 Å². The number of hydrogen-bond acceptors (Lipinski definition) is 8. The van der Waals surface area contributed by atoms with Gasteiger partial charge < -0.3 is 4.74 Å². The van der Waals surface area contributed by atoms with Crippen molar-refractivity contribution < 1.29 is 19.2 Å². The molecule has 11 heteroatoms. The van der Waals surface area contributed by atoms with Gasteiger partial charge in [0.25, 0.3) is 17.5 Å². The van der Waals surface area contributed by atoms with Crippen LogP contribution in [0.2, 0.25) is 0 Å². The highest BCUT2D eigenvalue weighted by Gasteiger charge is 2.20. The molecule has 1 aromatic heterocycles. The maximum absolute atomic E-state index is 11.9. The van der Waals surface area contributed by atoms with Crippen LogP contribution in [0, 0.1) is 10.1 Å². The zero-order chi connectivity index (χ0) is 19.4. The van der Waals surface area contributed by atoms with Crippen molar-refractivity contribution in [2.24, 2.45) is 5.10 Å². The number of nitrogens with one attached hydrogen (secondary N) is 2. The fourth-order valence-corrected chi connectivity index (χ4v) is 2.77. The van der Waals surface area contributed by atoms with E-state index in [0.29, 0.717) is 10.8 Å². The number of non-ortho nitro benzene ring substituents is 1. The number of aromatic nitrogens is 1. The summed E-state index contributed by atoms with van der Waals surface area (Å²) in [6.07, 6.45) is 2.99. The van der Waals surface area contributed by atoms with Crippen LogP contribution in [0.4, 0.5) is 10.8 Å². The number of rotatable bonds is 6. The van der Waals surface area contributed by atoms with Gasteiger partial charge in [-0.2, -0.15) is 5.10 Å². The second-order valence-electron chi connectivity index (χ2n) is 5.35. The van der Waals surface area contributed by atoms with E-state index in [-0.39, 0.29) is 29.2 Å². The maximum atomic E-state index is 11.9. The van der Waals surface area contributed by atoms with E-state index in [1.165, 1.54) is 35.6 Å². The number of nitro benzene ring substituents is 1. The lowest BCUT2D eigenvalue weighted by Crippen LogP contribution is -2.20. The van der Waals surface area contributed by atoms with Gasteiger partial charge in [-0.05, 0) is 19.1 Å². The van der Waals surface area contributed by atoms with E-state index >= 15 is 0 Å². The molecule has 0 unspecified atom stereocenters. The van der Waals surface area contributed by atoms with Crippen LogP contribution in [0.5, 0.6) is 5.75 Å². The molecule has 138 valence electrons. The molecule has 2 heterocycles. The largest absolute Gasteiger partial charge is 0.483 e. The number of thiazole rings is 1. The molecular formula is C16H13N5O5S. The van der Waals surface area contributed by atoms with E-state index in [1.807, 2.05) is 0 Å². The summed E-state index contributed by atoms with van der Waals surface area (Å²) in [5.41, 5.74) is 3.12. The van der Waals surface area contributed by atoms with Gasteiger partial charge in [0.05, 0.1) is 16.2 Å². The van der Waals surface area contributed by atoms with E-state index in [0.717, 1.165) is 0 Å². The molecule has 3 rings (SSSR count). The number of carbonyl (C=O) groups excluding carboxylic acids is 2. The Morgan fingerprint density at radius 2 is 2.30 bits per heavy atom. The molecule has 2 N–H and O–H groups in total. The Morgan fingerprint density at radius 3 is 2.93 bits per heavy atom. The van der Waals surface area contributed by atoms with Crippen molar-refractivity contribution >= 4 is 45.8 Å². The van der Waals surface area contributed by atoms with Crippen molar-refractivity contribution in [1.29, 1.82) is 0 Å². The fraction of sp³-hybridized carbons (Fsp3) is 0.125. The number of benzene rings is 1. The number of carbonyl (C=O) groups is 2. The summed E-state index contributed by atoms with van der Waals surface area (Å²) in [6.45, 7) is 1.30. The number of nitrogens with zero attached hydrogens (tertiary/aromatic N) is 3. The quantitative estimate of drug-likeness (QED) is 0.442. The number of ether oxygens (including phenoxy) is 1. The number of amides is 2. The summed E-state index contributed by atoms with van der Waals surface area (Å²) in [4.78, 5) is 38.2. The molecule has 2 aromatic rings. The molecule has 1 aliphatic rings. The third-order valence-corrected chi connectivity index (χ3v) is 4.19. The Hall–Kier alpha value is -3.60. The van der Waals surface area contributed by atoms with Crippen LogP contribution in [0.15, 0.2) is 40.5 Å². The molecule has 0 fully saturated rings. The molecule has 0 atom stereocenters. The zero-order valence-electron chi connectivity index (χ0n) is 14.0. The first-order valence-corrected chi connectivity index (χ1v) is 8.49. The SMILES string of the molecule is CC1=NNC(=O)C1=Cc1cc([N+](=O)[O-])ccc1OCC(=O)Nc1nccs1. The molecule has 1 aromatic carbocycles. The Bertz CT molecular complexity index is 968. The Morgan fingerprint density at radius 1 is 1.48 bits per heavy atom. The third kappa shape index (κ3) is 4.33. The predicted molar refractivity (Wildman–Crippen MR) is 98.6 cm³/mol. The van der Waals surface area contributed by atoms with Crippen molar-refractivity contribution in [3.8, 4) is 5.75 Å². The first-order valence-electron chi connectivity index (χ1n) is 7.61. The van der Waals surface area contributed by atoms with E-state index in [2.05, 4.69) is 20.8 Å². The van der Waals surface area contributed by atoms with Crippen LogP contribution in [-0.2, 0) is 9.59 Å². The summed E-state index contributed by atoms with van der Waals surface area (Å²) in [5.74, 6) is -0.639. The minimum Gasteiger partial charge on any atom is -0.483 e. The summed E-state index contributed by atoms with van der Waals surface area (Å²) in [7, 11) is 0. The molecule has 10 nitrogen and oxygen atoms in total. The number of hydrazone groups is 1. The molecule has 0 saturated carbocycles. The number of nitro groups is 1. The summed E-state index contributed by atoms with van der Waals surface area (Å²) < 4.78 is 5.49. The van der Waals surface area contributed by atoms with Gasteiger partial charge in [0, 0.05) is 29.3 Å². The third-order valence-electron chi connectivity index (χ3n) is 3.50. The minimum atomic E-state index is -0.559. The van der Waals surface area contributed by atoms with Crippen LogP contribution in [0.3, 0.4) is 0 Å². The fourth-order valence-electron chi connectivity index (χ4n) is 2.22. The van der Waals surface area contributed by atoms with Crippen molar-refractivity contribution in [2.45, 2.75) is 6.92 Å². The topological polar surface area (TPSA) is 136 Å². The first kappa shape index (κ1) is 18.2.